The van der Waals surface area contributed by atoms with Crippen LogP contribution in [0.15, 0.2) is 12.1 Å². The van der Waals surface area contributed by atoms with E-state index in [0.717, 1.165) is 12.1 Å². The lowest BCUT2D eigenvalue weighted by Gasteiger charge is -2.26. The maximum Gasteiger partial charge on any atom is 0.421 e. The molecule has 0 fully saturated rings. The van der Waals surface area contributed by atoms with Gasteiger partial charge in [0.15, 0.2) is 6.61 Å². The Balaban J connectivity index is 2.54. The minimum absolute atomic E-state index is 0.0160. The summed E-state index contributed by atoms with van der Waals surface area (Å²) >= 11 is 0. The second-order valence-corrected chi connectivity index (χ2v) is 3.75. The standard InChI is InChI=1S/C11H9FN2O6/c1-2-19-11(16)13-8-4-7(14(17)18)6(12)3-9(8)20-5-10(13)15/h3-4H,2,5H2,1H3. The predicted octanol–water partition coefficient (Wildman–Crippen LogP) is 1.62. The van der Waals surface area contributed by atoms with Crippen LogP contribution in [-0.2, 0) is 9.53 Å². The number of carbonyl (C=O) groups is 2. The molecule has 0 bridgehead atoms. The zero-order valence-electron chi connectivity index (χ0n) is 10.3. The van der Waals surface area contributed by atoms with Crippen molar-refractivity contribution in [2.75, 3.05) is 18.1 Å². The number of halogens is 1. The van der Waals surface area contributed by atoms with E-state index in [9.17, 15) is 24.1 Å². The number of hydrogen-bond acceptors (Lipinski definition) is 6. The molecule has 1 aliphatic rings. The molecule has 1 aromatic carbocycles. The highest BCUT2D eigenvalue weighted by Gasteiger charge is 2.35. The van der Waals surface area contributed by atoms with E-state index in [0.29, 0.717) is 4.90 Å². The van der Waals surface area contributed by atoms with Gasteiger partial charge in [-0.25, -0.2) is 9.69 Å². The van der Waals surface area contributed by atoms with E-state index in [-0.39, 0.29) is 18.0 Å². The van der Waals surface area contributed by atoms with Crippen molar-refractivity contribution in [3.05, 3.63) is 28.1 Å². The molecule has 9 heteroatoms. The van der Waals surface area contributed by atoms with Crippen LogP contribution in [0.3, 0.4) is 0 Å². The van der Waals surface area contributed by atoms with Crippen molar-refractivity contribution in [3.8, 4) is 5.75 Å². The first-order valence-corrected chi connectivity index (χ1v) is 5.56. The highest BCUT2D eigenvalue weighted by atomic mass is 19.1. The summed E-state index contributed by atoms with van der Waals surface area (Å²) in [5.74, 6) is -2.01. The number of ether oxygens (including phenoxy) is 2. The molecule has 0 N–H and O–H groups in total. The zero-order valence-corrected chi connectivity index (χ0v) is 10.3. The first kappa shape index (κ1) is 13.7. The van der Waals surface area contributed by atoms with Crippen LogP contribution < -0.4 is 9.64 Å². The number of nitrogens with zero attached hydrogens (tertiary/aromatic N) is 2. The summed E-state index contributed by atoms with van der Waals surface area (Å²) in [4.78, 5) is 33.7. The first-order valence-electron chi connectivity index (χ1n) is 5.56. The van der Waals surface area contributed by atoms with Crippen molar-refractivity contribution in [3.63, 3.8) is 0 Å². The number of rotatable bonds is 2. The normalized spacial score (nSPS) is 13.5. The molecule has 1 aromatic rings. The summed E-state index contributed by atoms with van der Waals surface area (Å²) < 4.78 is 23.1. The fourth-order valence-corrected chi connectivity index (χ4v) is 1.69. The number of amides is 2. The van der Waals surface area contributed by atoms with Crippen molar-refractivity contribution in [1.29, 1.82) is 0 Å². The first-order chi connectivity index (χ1) is 9.45. The smallest absolute Gasteiger partial charge is 0.421 e. The highest BCUT2D eigenvalue weighted by Crippen LogP contribution is 2.37. The number of anilines is 1. The molecule has 0 atom stereocenters. The van der Waals surface area contributed by atoms with Crippen LogP contribution in [0.4, 0.5) is 20.6 Å². The van der Waals surface area contributed by atoms with Crippen LogP contribution in [0, 0.1) is 15.9 Å². The molecule has 1 heterocycles. The van der Waals surface area contributed by atoms with Gasteiger partial charge in [0.25, 0.3) is 5.91 Å². The van der Waals surface area contributed by atoms with Crippen molar-refractivity contribution in [2.24, 2.45) is 0 Å². The number of carbonyl (C=O) groups excluding carboxylic acids is 2. The third-order valence-electron chi connectivity index (χ3n) is 2.52. The van der Waals surface area contributed by atoms with Crippen LogP contribution in [0.2, 0.25) is 0 Å². The lowest BCUT2D eigenvalue weighted by molar-refractivity contribution is -0.387. The van der Waals surface area contributed by atoms with Crippen LogP contribution in [0.1, 0.15) is 6.92 Å². The lowest BCUT2D eigenvalue weighted by Crippen LogP contribution is -2.43. The minimum Gasteiger partial charge on any atom is -0.481 e. The summed E-state index contributed by atoms with van der Waals surface area (Å²) in [7, 11) is 0. The van der Waals surface area contributed by atoms with Crippen molar-refractivity contribution in [1.82, 2.24) is 0 Å². The van der Waals surface area contributed by atoms with E-state index < -0.39 is 35.0 Å². The van der Waals surface area contributed by atoms with Crippen LogP contribution >= 0.6 is 0 Å². The monoisotopic (exact) mass is 284 g/mol. The van der Waals surface area contributed by atoms with Crippen molar-refractivity contribution >= 4 is 23.4 Å². The molecule has 1 aliphatic heterocycles. The average Bonchev–Trinajstić information content (AvgIpc) is 2.38. The Morgan fingerprint density at radius 1 is 1.60 bits per heavy atom. The molecular formula is C11H9FN2O6. The largest absolute Gasteiger partial charge is 0.481 e. The Morgan fingerprint density at radius 3 is 2.90 bits per heavy atom. The summed E-state index contributed by atoms with van der Waals surface area (Å²) in [5.41, 5.74) is -1.08. The molecular weight excluding hydrogens is 275 g/mol. The molecule has 2 rings (SSSR count). The molecule has 0 aromatic heterocycles. The number of hydrogen-bond donors (Lipinski definition) is 0. The van der Waals surface area contributed by atoms with Gasteiger partial charge in [0, 0.05) is 12.1 Å². The summed E-state index contributed by atoms with van der Waals surface area (Å²) in [6.07, 6.45) is -0.997. The molecule has 20 heavy (non-hydrogen) atoms. The lowest BCUT2D eigenvalue weighted by atomic mass is 10.2. The highest BCUT2D eigenvalue weighted by molar-refractivity contribution is 6.15. The van der Waals surface area contributed by atoms with E-state index >= 15 is 0 Å². The summed E-state index contributed by atoms with van der Waals surface area (Å²) in [6.45, 7) is 1.07. The molecule has 2 amide bonds. The van der Waals surface area contributed by atoms with Gasteiger partial charge in [-0.2, -0.15) is 4.39 Å². The Kier molecular flexibility index (Phi) is 3.51. The van der Waals surface area contributed by atoms with Gasteiger partial charge in [0.1, 0.15) is 11.4 Å². The maximum atomic E-state index is 13.5. The Bertz CT molecular complexity index is 603. The van der Waals surface area contributed by atoms with Gasteiger partial charge in [0.05, 0.1) is 11.5 Å². The molecule has 106 valence electrons. The van der Waals surface area contributed by atoms with Gasteiger partial charge < -0.3 is 9.47 Å². The van der Waals surface area contributed by atoms with Gasteiger partial charge >= 0.3 is 11.8 Å². The number of fused-ring (bicyclic) bond motifs is 1. The zero-order chi connectivity index (χ0) is 14.9. The van der Waals surface area contributed by atoms with Crippen LogP contribution in [0.5, 0.6) is 5.75 Å². The number of benzene rings is 1. The third-order valence-corrected chi connectivity index (χ3v) is 2.52. The van der Waals surface area contributed by atoms with E-state index in [1.807, 2.05) is 0 Å². The Morgan fingerprint density at radius 2 is 2.30 bits per heavy atom. The van der Waals surface area contributed by atoms with Gasteiger partial charge in [-0.15, -0.1) is 0 Å². The molecule has 8 nitrogen and oxygen atoms in total. The molecule has 0 unspecified atom stereocenters. The van der Waals surface area contributed by atoms with Crippen molar-refractivity contribution < 1.29 is 28.4 Å². The maximum absolute atomic E-state index is 13.5. The second kappa shape index (κ2) is 5.11. The van der Waals surface area contributed by atoms with Gasteiger partial charge in [-0.3, -0.25) is 14.9 Å². The quantitative estimate of drug-likeness (QED) is 0.604. The fourth-order valence-electron chi connectivity index (χ4n) is 1.69. The number of imide groups is 1. The number of nitro benzene ring substituents is 1. The Hall–Kier alpha value is -2.71. The SMILES string of the molecule is CCOC(=O)N1C(=O)COc2cc(F)c([N+](=O)[O-])cc21. The van der Waals surface area contributed by atoms with Crippen LogP contribution in [0.25, 0.3) is 0 Å². The second-order valence-electron chi connectivity index (χ2n) is 3.75. The van der Waals surface area contributed by atoms with E-state index in [1.165, 1.54) is 6.92 Å². The van der Waals surface area contributed by atoms with Gasteiger partial charge in [0.2, 0.25) is 5.82 Å². The predicted molar refractivity (Wildman–Crippen MR) is 63.1 cm³/mol. The minimum atomic E-state index is -1.12. The molecule has 0 radical (unpaired) electrons. The topological polar surface area (TPSA) is 99.0 Å². The van der Waals surface area contributed by atoms with Gasteiger partial charge in [-0.05, 0) is 6.92 Å². The summed E-state index contributed by atoms with van der Waals surface area (Å²) in [5, 5.41) is 10.7. The molecule has 0 aliphatic carbocycles. The van der Waals surface area contributed by atoms with Crippen LogP contribution in [-0.4, -0.2) is 30.1 Å². The van der Waals surface area contributed by atoms with Gasteiger partial charge in [-0.1, -0.05) is 0 Å². The summed E-state index contributed by atoms with van der Waals surface area (Å²) in [6, 6.07) is 1.52. The molecule has 0 spiro atoms. The Labute approximate surface area is 111 Å². The fraction of sp³-hybridized carbons (Fsp3) is 0.273. The molecule has 0 saturated heterocycles. The third kappa shape index (κ3) is 2.25. The van der Waals surface area contributed by atoms with Crippen molar-refractivity contribution in [2.45, 2.75) is 6.92 Å². The van der Waals surface area contributed by atoms with E-state index in [1.54, 1.807) is 0 Å². The van der Waals surface area contributed by atoms with E-state index in [2.05, 4.69) is 4.74 Å². The number of nitro groups is 1. The molecule has 0 saturated carbocycles. The van der Waals surface area contributed by atoms with E-state index in [4.69, 9.17) is 4.74 Å². The average molecular weight is 284 g/mol.